The Kier molecular flexibility index (Phi) is 5.20. The summed E-state index contributed by atoms with van der Waals surface area (Å²) >= 11 is 0. The Labute approximate surface area is 110 Å². The maximum Gasteiger partial charge on any atom is 0.0536 e. The van der Waals surface area contributed by atoms with Crippen molar-refractivity contribution in [3.63, 3.8) is 0 Å². The topological polar surface area (TPSA) is 47.1 Å². The standard InChI is InChI=1S/C14H26N4/c1-2-9-17(11-12-18-10-3-8-16-18)14-6-4-13(15)5-7-14/h3,8,10,13-14H,2,4-7,9,11-12,15H2,1H3. The lowest BCUT2D eigenvalue weighted by Crippen LogP contribution is -2.42. The van der Waals surface area contributed by atoms with Gasteiger partial charge >= 0.3 is 0 Å². The Morgan fingerprint density at radius 3 is 2.67 bits per heavy atom. The van der Waals surface area contributed by atoms with E-state index in [0.717, 1.165) is 19.1 Å². The Morgan fingerprint density at radius 1 is 1.28 bits per heavy atom. The van der Waals surface area contributed by atoms with Crippen LogP contribution in [-0.2, 0) is 6.54 Å². The first-order valence-electron chi connectivity index (χ1n) is 7.26. The minimum atomic E-state index is 0.441. The number of nitrogens with zero attached hydrogens (tertiary/aromatic N) is 3. The van der Waals surface area contributed by atoms with Crippen molar-refractivity contribution in [2.75, 3.05) is 13.1 Å². The third-order valence-corrected chi connectivity index (χ3v) is 3.94. The molecular formula is C14H26N4. The fourth-order valence-corrected chi connectivity index (χ4v) is 2.89. The van der Waals surface area contributed by atoms with E-state index in [9.17, 15) is 0 Å². The molecule has 0 saturated heterocycles. The van der Waals surface area contributed by atoms with Crippen molar-refractivity contribution in [1.82, 2.24) is 14.7 Å². The van der Waals surface area contributed by atoms with Gasteiger partial charge in [-0.15, -0.1) is 0 Å². The summed E-state index contributed by atoms with van der Waals surface area (Å²) in [5.41, 5.74) is 5.99. The molecule has 4 heteroatoms. The molecule has 2 N–H and O–H groups in total. The Bertz CT molecular complexity index is 315. The molecule has 0 spiro atoms. The molecule has 0 aliphatic heterocycles. The number of hydrogen-bond acceptors (Lipinski definition) is 3. The SMILES string of the molecule is CCCN(CCn1cccn1)C1CCC(N)CC1. The molecule has 0 amide bonds. The minimum Gasteiger partial charge on any atom is -0.328 e. The third-order valence-electron chi connectivity index (χ3n) is 3.94. The van der Waals surface area contributed by atoms with Gasteiger partial charge in [-0.05, 0) is 44.7 Å². The maximum absolute atomic E-state index is 5.99. The maximum atomic E-state index is 5.99. The lowest BCUT2D eigenvalue weighted by Gasteiger charge is -2.36. The number of rotatable bonds is 6. The van der Waals surface area contributed by atoms with Gasteiger partial charge in [-0.1, -0.05) is 6.92 Å². The molecule has 0 bridgehead atoms. The molecule has 102 valence electrons. The van der Waals surface area contributed by atoms with Gasteiger partial charge < -0.3 is 5.73 Å². The van der Waals surface area contributed by atoms with E-state index in [0.29, 0.717) is 6.04 Å². The Hall–Kier alpha value is -0.870. The van der Waals surface area contributed by atoms with Gasteiger partial charge in [-0.2, -0.15) is 5.10 Å². The van der Waals surface area contributed by atoms with E-state index in [1.165, 1.54) is 38.6 Å². The van der Waals surface area contributed by atoms with Crippen molar-refractivity contribution >= 4 is 0 Å². The fraction of sp³-hybridized carbons (Fsp3) is 0.786. The Balaban J connectivity index is 1.83. The highest BCUT2D eigenvalue weighted by molar-refractivity contribution is 4.82. The first-order valence-corrected chi connectivity index (χ1v) is 7.26. The molecule has 0 radical (unpaired) electrons. The van der Waals surface area contributed by atoms with Crippen LogP contribution in [0.25, 0.3) is 0 Å². The monoisotopic (exact) mass is 250 g/mol. The van der Waals surface area contributed by atoms with Gasteiger partial charge in [0.05, 0.1) is 6.54 Å². The van der Waals surface area contributed by atoms with Crippen LogP contribution in [0.2, 0.25) is 0 Å². The van der Waals surface area contributed by atoms with E-state index < -0.39 is 0 Å². The highest BCUT2D eigenvalue weighted by Gasteiger charge is 2.23. The molecule has 18 heavy (non-hydrogen) atoms. The van der Waals surface area contributed by atoms with E-state index in [2.05, 4.69) is 16.9 Å². The average molecular weight is 250 g/mol. The summed E-state index contributed by atoms with van der Waals surface area (Å²) in [7, 11) is 0. The summed E-state index contributed by atoms with van der Waals surface area (Å²) in [6.07, 6.45) is 10.0. The lowest BCUT2D eigenvalue weighted by atomic mass is 9.90. The molecule has 1 saturated carbocycles. The van der Waals surface area contributed by atoms with Gasteiger partial charge in [-0.25, -0.2) is 0 Å². The summed E-state index contributed by atoms with van der Waals surface area (Å²) in [6.45, 7) is 5.56. The summed E-state index contributed by atoms with van der Waals surface area (Å²) in [6, 6.07) is 3.17. The second-order valence-electron chi connectivity index (χ2n) is 5.37. The molecule has 1 aliphatic rings. The number of aromatic nitrogens is 2. The zero-order valence-corrected chi connectivity index (χ0v) is 11.5. The summed E-state index contributed by atoms with van der Waals surface area (Å²) < 4.78 is 2.03. The van der Waals surface area contributed by atoms with Crippen LogP contribution in [0.3, 0.4) is 0 Å². The van der Waals surface area contributed by atoms with E-state index in [4.69, 9.17) is 5.73 Å². The molecule has 4 nitrogen and oxygen atoms in total. The summed E-state index contributed by atoms with van der Waals surface area (Å²) in [5, 5.41) is 4.28. The van der Waals surface area contributed by atoms with E-state index >= 15 is 0 Å². The molecular weight excluding hydrogens is 224 g/mol. The van der Waals surface area contributed by atoms with Gasteiger partial charge in [0.1, 0.15) is 0 Å². The normalized spacial score (nSPS) is 24.6. The van der Waals surface area contributed by atoms with Gasteiger partial charge in [0.15, 0.2) is 0 Å². The van der Waals surface area contributed by atoms with Crippen molar-refractivity contribution in [3.05, 3.63) is 18.5 Å². The first kappa shape index (κ1) is 13.6. The van der Waals surface area contributed by atoms with Crippen LogP contribution in [0.4, 0.5) is 0 Å². The van der Waals surface area contributed by atoms with Crippen LogP contribution >= 0.6 is 0 Å². The predicted octanol–water partition coefficient (Wildman–Crippen LogP) is 1.86. The summed E-state index contributed by atoms with van der Waals surface area (Å²) in [4.78, 5) is 2.63. The third kappa shape index (κ3) is 3.82. The number of nitrogens with two attached hydrogens (primary N) is 1. The van der Waals surface area contributed by atoms with Crippen LogP contribution in [0.5, 0.6) is 0 Å². The smallest absolute Gasteiger partial charge is 0.0536 e. The van der Waals surface area contributed by atoms with Crippen molar-refractivity contribution in [1.29, 1.82) is 0 Å². The molecule has 0 unspecified atom stereocenters. The zero-order chi connectivity index (χ0) is 12.8. The van der Waals surface area contributed by atoms with Gasteiger partial charge in [0.2, 0.25) is 0 Å². The second-order valence-corrected chi connectivity index (χ2v) is 5.37. The van der Waals surface area contributed by atoms with Crippen LogP contribution < -0.4 is 5.73 Å². The largest absolute Gasteiger partial charge is 0.328 e. The van der Waals surface area contributed by atoms with Crippen molar-refractivity contribution in [2.24, 2.45) is 5.73 Å². The lowest BCUT2D eigenvalue weighted by molar-refractivity contribution is 0.143. The van der Waals surface area contributed by atoms with E-state index in [-0.39, 0.29) is 0 Å². The van der Waals surface area contributed by atoms with Crippen LogP contribution in [0.15, 0.2) is 18.5 Å². The molecule has 1 aromatic heterocycles. The average Bonchev–Trinajstić information content (AvgIpc) is 2.89. The highest BCUT2D eigenvalue weighted by Crippen LogP contribution is 2.22. The van der Waals surface area contributed by atoms with Crippen molar-refractivity contribution in [2.45, 2.75) is 57.7 Å². The quantitative estimate of drug-likeness (QED) is 0.838. The van der Waals surface area contributed by atoms with Gasteiger partial charge in [0.25, 0.3) is 0 Å². The van der Waals surface area contributed by atoms with Gasteiger partial charge in [0, 0.05) is 31.0 Å². The Morgan fingerprint density at radius 2 is 2.06 bits per heavy atom. The van der Waals surface area contributed by atoms with E-state index in [1.807, 2.05) is 23.1 Å². The fourth-order valence-electron chi connectivity index (χ4n) is 2.89. The molecule has 1 aromatic rings. The van der Waals surface area contributed by atoms with Crippen molar-refractivity contribution < 1.29 is 0 Å². The molecule has 0 atom stereocenters. The molecule has 1 fully saturated rings. The molecule has 1 heterocycles. The zero-order valence-electron chi connectivity index (χ0n) is 11.5. The highest BCUT2D eigenvalue weighted by atomic mass is 15.3. The predicted molar refractivity (Wildman–Crippen MR) is 74.3 cm³/mol. The van der Waals surface area contributed by atoms with Crippen LogP contribution in [0.1, 0.15) is 39.0 Å². The second kappa shape index (κ2) is 6.90. The molecule has 0 aromatic carbocycles. The van der Waals surface area contributed by atoms with E-state index in [1.54, 1.807) is 0 Å². The minimum absolute atomic E-state index is 0.441. The molecule has 1 aliphatic carbocycles. The van der Waals surface area contributed by atoms with Crippen LogP contribution in [-0.4, -0.2) is 39.9 Å². The van der Waals surface area contributed by atoms with Gasteiger partial charge in [-0.3, -0.25) is 9.58 Å². The summed E-state index contributed by atoms with van der Waals surface area (Å²) in [5.74, 6) is 0. The van der Waals surface area contributed by atoms with Crippen LogP contribution in [0, 0.1) is 0 Å². The first-order chi connectivity index (χ1) is 8.79. The van der Waals surface area contributed by atoms with Crippen molar-refractivity contribution in [3.8, 4) is 0 Å². The molecule has 2 rings (SSSR count). The number of hydrogen-bond donors (Lipinski definition) is 1.